The number of rotatable bonds is 9. The van der Waals surface area contributed by atoms with Crippen LogP contribution in [0.15, 0.2) is 69.0 Å². The first kappa shape index (κ1) is 28.4. The van der Waals surface area contributed by atoms with E-state index >= 15 is 0 Å². The van der Waals surface area contributed by atoms with Gasteiger partial charge in [-0.1, -0.05) is 47.0 Å². The largest absolute Gasteiger partial charge is 0.459 e. The Morgan fingerprint density at radius 2 is 1.70 bits per heavy atom. The molecular formula is C25H26Cl2N4O5S. The van der Waals surface area contributed by atoms with Crippen molar-refractivity contribution >= 4 is 51.3 Å². The van der Waals surface area contributed by atoms with Crippen LogP contribution in [0.4, 0.5) is 0 Å². The molecule has 1 heterocycles. The molecule has 3 aromatic rings. The summed E-state index contributed by atoms with van der Waals surface area (Å²) in [6.07, 6.45) is 1.21. The Kier molecular flexibility index (Phi) is 9.50. The Bertz CT molecular complexity index is 1400. The van der Waals surface area contributed by atoms with Crippen LogP contribution in [0.2, 0.25) is 10.0 Å². The maximum absolute atomic E-state index is 13.5. The molecule has 0 saturated heterocycles. The lowest BCUT2D eigenvalue weighted by Gasteiger charge is -2.22. The number of hydrogen-bond acceptors (Lipinski definition) is 6. The van der Waals surface area contributed by atoms with Crippen LogP contribution in [0.5, 0.6) is 0 Å². The van der Waals surface area contributed by atoms with Crippen LogP contribution in [0.1, 0.15) is 36.5 Å². The van der Waals surface area contributed by atoms with Gasteiger partial charge in [0.1, 0.15) is 11.5 Å². The van der Waals surface area contributed by atoms with Gasteiger partial charge in [0, 0.05) is 12.6 Å². The highest BCUT2D eigenvalue weighted by Crippen LogP contribution is 2.26. The molecule has 0 atom stereocenters. The van der Waals surface area contributed by atoms with Crippen LogP contribution >= 0.6 is 23.2 Å². The molecular weight excluding hydrogens is 539 g/mol. The first-order valence-corrected chi connectivity index (χ1v) is 13.4. The lowest BCUT2D eigenvalue weighted by atomic mass is 10.2. The Morgan fingerprint density at radius 1 is 1.00 bits per heavy atom. The second kappa shape index (κ2) is 12.4. The van der Waals surface area contributed by atoms with E-state index in [4.69, 9.17) is 27.6 Å². The van der Waals surface area contributed by atoms with E-state index < -0.39 is 21.8 Å². The van der Waals surface area contributed by atoms with Gasteiger partial charge in [0.25, 0.3) is 0 Å². The van der Waals surface area contributed by atoms with Crippen LogP contribution in [-0.4, -0.2) is 36.8 Å². The van der Waals surface area contributed by atoms with Crippen LogP contribution in [0.3, 0.4) is 0 Å². The minimum atomic E-state index is -3.91. The first-order chi connectivity index (χ1) is 17.5. The van der Waals surface area contributed by atoms with Crippen LogP contribution < -0.4 is 10.7 Å². The quantitative estimate of drug-likeness (QED) is 0.228. The smallest absolute Gasteiger partial charge is 0.329 e. The van der Waals surface area contributed by atoms with Gasteiger partial charge in [0.2, 0.25) is 10.0 Å². The van der Waals surface area contributed by atoms with Gasteiger partial charge in [-0.3, -0.25) is 9.59 Å². The van der Waals surface area contributed by atoms with E-state index in [1.54, 1.807) is 68.4 Å². The molecule has 0 aliphatic heterocycles. The summed E-state index contributed by atoms with van der Waals surface area (Å²) in [7, 11) is -3.91. The lowest BCUT2D eigenvalue weighted by molar-refractivity contribution is -0.139. The van der Waals surface area contributed by atoms with E-state index in [2.05, 4.69) is 15.8 Å². The number of furan rings is 1. The van der Waals surface area contributed by atoms with E-state index in [1.165, 1.54) is 10.5 Å². The summed E-state index contributed by atoms with van der Waals surface area (Å²) in [6, 6.07) is 14.4. The van der Waals surface area contributed by atoms with Gasteiger partial charge in [-0.05, 0) is 62.7 Å². The van der Waals surface area contributed by atoms with Crippen molar-refractivity contribution in [1.82, 2.24) is 15.0 Å². The van der Waals surface area contributed by atoms with Crippen LogP contribution in [0, 0.1) is 6.92 Å². The number of nitrogens with one attached hydrogen (secondary N) is 2. The molecule has 0 spiro atoms. The molecule has 37 heavy (non-hydrogen) atoms. The number of hydrogen-bond donors (Lipinski definition) is 2. The SMILES string of the molecule is Cc1ccc(S(=O)(=O)N(Cc2ccc(Cl)c(Cl)c2)Cc2ccc(/C=N/NC(=O)C(=O)NC(C)C)o2)cc1. The predicted octanol–water partition coefficient (Wildman–Crippen LogP) is 4.26. The van der Waals surface area contributed by atoms with Gasteiger partial charge < -0.3 is 9.73 Å². The average Bonchev–Trinajstić information content (AvgIpc) is 3.28. The number of carbonyl (C=O) groups is 2. The summed E-state index contributed by atoms with van der Waals surface area (Å²) in [6.45, 7) is 5.24. The van der Waals surface area contributed by atoms with E-state index in [-0.39, 0.29) is 29.8 Å². The fourth-order valence-corrected chi connectivity index (χ4v) is 4.90. The number of halogens is 2. The van der Waals surface area contributed by atoms with Gasteiger partial charge in [0.05, 0.1) is 27.7 Å². The Hall–Kier alpha value is -3.18. The number of carbonyl (C=O) groups excluding carboxylic acids is 2. The molecule has 196 valence electrons. The van der Waals surface area contributed by atoms with Gasteiger partial charge in [0.15, 0.2) is 0 Å². The Balaban J connectivity index is 1.80. The average molecular weight is 565 g/mol. The third kappa shape index (κ3) is 7.90. The van der Waals surface area contributed by atoms with Crippen molar-refractivity contribution < 1.29 is 22.4 Å². The zero-order chi connectivity index (χ0) is 27.2. The molecule has 0 bridgehead atoms. The summed E-state index contributed by atoms with van der Waals surface area (Å²) < 4.78 is 34.0. The van der Waals surface area contributed by atoms with Crippen LogP contribution in [0.25, 0.3) is 0 Å². The minimum Gasteiger partial charge on any atom is -0.459 e. The normalized spacial score (nSPS) is 11.9. The molecule has 2 N–H and O–H groups in total. The minimum absolute atomic E-state index is 0.0121. The fourth-order valence-electron chi connectivity index (χ4n) is 3.18. The molecule has 1 aromatic heterocycles. The Labute approximate surface area is 225 Å². The summed E-state index contributed by atoms with van der Waals surface area (Å²) >= 11 is 12.1. The first-order valence-electron chi connectivity index (χ1n) is 11.2. The molecule has 0 aliphatic carbocycles. The molecule has 12 heteroatoms. The van der Waals surface area contributed by atoms with Gasteiger partial charge in [-0.2, -0.15) is 9.41 Å². The molecule has 3 rings (SSSR count). The highest BCUT2D eigenvalue weighted by atomic mass is 35.5. The highest BCUT2D eigenvalue weighted by Gasteiger charge is 2.26. The Morgan fingerprint density at radius 3 is 2.35 bits per heavy atom. The van der Waals surface area contributed by atoms with Crippen molar-refractivity contribution in [3.8, 4) is 0 Å². The molecule has 2 amide bonds. The summed E-state index contributed by atoms with van der Waals surface area (Å²) in [5, 5.41) is 6.84. The topological polar surface area (TPSA) is 121 Å². The van der Waals surface area contributed by atoms with E-state index in [9.17, 15) is 18.0 Å². The van der Waals surface area contributed by atoms with Gasteiger partial charge >= 0.3 is 11.8 Å². The number of aryl methyl sites for hydroxylation is 1. The molecule has 9 nitrogen and oxygen atoms in total. The van der Waals surface area contributed by atoms with Crippen LogP contribution in [-0.2, 0) is 32.7 Å². The predicted molar refractivity (Wildman–Crippen MR) is 142 cm³/mol. The maximum atomic E-state index is 13.5. The molecule has 2 aromatic carbocycles. The zero-order valence-corrected chi connectivity index (χ0v) is 22.7. The number of nitrogens with zero attached hydrogens (tertiary/aromatic N) is 2. The summed E-state index contributed by atoms with van der Waals surface area (Å²) in [4.78, 5) is 23.5. The second-order valence-corrected chi connectivity index (χ2v) is 11.2. The number of amides is 2. The third-order valence-corrected chi connectivity index (χ3v) is 7.55. The number of benzene rings is 2. The second-order valence-electron chi connectivity index (χ2n) is 8.47. The van der Waals surface area contributed by atoms with Crippen molar-refractivity contribution in [3.63, 3.8) is 0 Å². The van der Waals surface area contributed by atoms with Gasteiger partial charge in [-0.15, -0.1) is 0 Å². The van der Waals surface area contributed by atoms with Crippen molar-refractivity contribution in [2.45, 2.75) is 44.8 Å². The third-order valence-electron chi connectivity index (χ3n) is 5.00. The van der Waals surface area contributed by atoms with Gasteiger partial charge in [-0.25, -0.2) is 13.8 Å². The maximum Gasteiger partial charge on any atom is 0.329 e. The summed E-state index contributed by atoms with van der Waals surface area (Å²) in [5.41, 5.74) is 3.68. The van der Waals surface area contributed by atoms with E-state index in [0.29, 0.717) is 21.4 Å². The van der Waals surface area contributed by atoms with E-state index in [0.717, 1.165) is 5.56 Å². The highest BCUT2D eigenvalue weighted by molar-refractivity contribution is 7.89. The molecule has 0 radical (unpaired) electrons. The molecule has 0 aliphatic rings. The van der Waals surface area contributed by atoms with Crippen molar-refractivity contribution in [2.75, 3.05) is 0 Å². The van der Waals surface area contributed by atoms with Crippen molar-refractivity contribution in [3.05, 3.63) is 87.3 Å². The number of hydrazone groups is 1. The monoisotopic (exact) mass is 564 g/mol. The molecule has 0 saturated carbocycles. The standard InChI is InChI=1S/C25H26Cl2N4O5S/c1-16(2)29-24(32)25(33)30-28-13-19-7-8-20(36-19)15-31(14-18-6-11-22(26)23(27)12-18)37(34,35)21-9-4-17(3)5-10-21/h4-13,16H,14-15H2,1-3H3,(H,29,32)(H,30,33)/b28-13+. The van der Waals surface area contributed by atoms with E-state index in [1.807, 2.05) is 6.92 Å². The van der Waals surface area contributed by atoms with Crippen molar-refractivity contribution in [2.24, 2.45) is 5.10 Å². The molecule has 0 unspecified atom stereocenters. The number of sulfonamides is 1. The zero-order valence-electron chi connectivity index (χ0n) is 20.4. The lowest BCUT2D eigenvalue weighted by Crippen LogP contribution is -2.41. The summed E-state index contributed by atoms with van der Waals surface area (Å²) in [5.74, 6) is -1.15. The van der Waals surface area contributed by atoms with Crippen molar-refractivity contribution in [1.29, 1.82) is 0 Å². The fraction of sp³-hybridized carbons (Fsp3) is 0.240. The molecule has 0 fully saturated rings.